The molecule has 0 spiro atoms. The van der Waals surface area contributed by atoms with Crippen molar-refractivity contribution >= 4 is 17.7 Å². The van der Waals surface area contributed by atoms with Crippen molar-refractivity contribution in [2.75, 3.05) is 18.5 Å². The molecule has 2 rings (SSSR count). The Morgan fingerprint density at radius 2 is 2.20 bits per heavy atom. The van der Waals surface area contributed by atoms with Gasteiger partial charge in [-0.15, -0.1) is 0 Å². The molecule has 0 aromatic heterocycles. The summed E-state index contributed by atoms with van der Waals surface area (Å²) < 4.78 is 14.7. The lowest BCUT2D eigenvalue weighted by atomic mass is 9.79. The van der Waals surface area contributed by atoms with Gasteiger partial charge in [0.05, 0.1) is 0 Å². The Kier molecular flexibility index (Phi) is 5.52. The highest BCUT2D eigenvalue weighted by atomic mass is 19.1. The molecule has 5 heteroatoms. The van der Waals surface area contributed by atoms with Gasteiger partial charge >= 0.3 is 0 Å². The molecule has 0 saturated carbocycles. The fourth-order valence-corrected chi connectivity index (χ4v) is 3.72. The minimum absolute atomic E-state index is 0.0356. The highest BCUT2D eigenvalue weighted by Crippen LogP contribution is 2.44. The predicted molar refractivity (Wildman–Crippen MR) is 98.8 cm³/mol. The third-order valence-corrected chi connectivity index (χ3v) is 4.84. The topological polar surface area (TPSA) is 56.1 Å². The molecule has 1 N–H and O–H groups in total. The van der Waals surface area contributed by atoms with E-state index < -0.39 is 11.7 Å². The van der Waals surface area contributed by atoms with Crippen LogP contribution in [0.3, 0.4) is 0 Å². The molecule has 25 heavy (non-hydrogen) atoms. The van der Waals surface area contributed by atoms with Crippen LogP contribution in [0.25, 0.3) is 6.08 Å². The second-order valence-electron chi connectivity index (χ2n) is 7.25. The normalized spacial score (nSPS) is 19.2. The van der Waals surface area contributed by atoms with E-state index in [0.29, 0.717) is 0 Å². The molecule has 0 bridgehead atoms. The number of halogens is 1. The second kappa shape index (κ2) is 7.26. The number of benzene rings is 1. The highest BCUT2D eigenvalue weighted by Gasteiger charge is 2.36. The van der Waals surface area contributed by atoms with Crippen LogP contribution in [-0.4, -0.2) is 25.0 Å². The lowest BCUT2D eigenvalue weighted by Gasteiger charge is -2.47. The van der Waals surface area contributed by atoms with E-state index in [1.165, 1.54) is 13.1 Å². The Bertz CT molecular complexity index is 746. The van der Waals surface area contributed by atoms with E-state index in [0.717, 1.165) is 30.6 Å². The van der Waals surface area contributed by atoms with E-state index in [1.807, 2.05) is 6.07 Å². The van der Waals surface area contributed by atoms with Crippen LogP contribution < -0.4 is 10.2 Å². The minimum Gasteiger partial charge on any atom is -0.366 e. The van der Waals surface area contributed by atoms with Gasteiger partial charge in [-0.1, -0.05) is 13.8 Å². The molecule has 1 atom stereocenters. The van der Waals surface area contributed by atoms with Gasteiger partial charge in [-0.25, -0.2) is 4.39 Å². The lowest BCUT2D eigenvalue weighted by Crippen LogP contribution is -2.48. The SMILES string of the molecule is CCCN1c2cc(F)c(/C=C(\C#N)C(=O)NC)cc2C(C)CC1(C)C. The number of carbonyl (C=O) groups is 1. The van der Waals surface area contributed by atoms with Gasteiger partial charge in [-0.05, 0) is 56.4 Å². The van der Waals surface area contributed by atoms with Crippen LogP contribution in [0.2, 0.25) is 0 Å². The average Bonchev–Trinajstić information content (AvgIpc) is 2.56. The predicted octanol–water partition coefficient (Wildman–Crippen LogP) is 3.98. The molecule has 0 aliphatic carbocycles. The quantitative estimate of drug-likeness (QED) is 0.664. The van der Waals surface area contributed by atoms with Crippen LogP contribution in [-0.2, 0) is 4.79 Å². The molecule has 1 unspecified atom stereocenters. The van der Waals surface area contributed by atoms with E-state index in [-0.39, 0.29) is 22.6 Å². The Morgan fingerprint density at radius 3 is 2.76 bits per heavy atom. The first-order valence-corrected chi connectivity index (χ1v) is 8.70. The maximum absolute atomic E-state index is 14.7. The summed E-state index contributed by atoms with van der Waals surface area (Å²) in [6.45, 7) is 9.49. The zero-order chi connectivity index (χ0) is 18.8. The molecule has 1 aromatic carbocycles. The van der Waals surface area contributed by atoms with E-state index in [4.69, 9.17) is 5.26 Å². The molecule has 1 aromatic rings. The third kappa shape index (κ3) is 3.68. The van der Waals surface area contributed by atoms with Gasteiger partial charge in [0, 0.05) is 30.4 Å². The molecule has 1 heterocycles. The smallest absolute Gasteiger partial charge is 0.261 e. The summed E-state index contributed by atoms with van der Waals surface area (Å²) >= 11 is 0. The molecule has 0 fully saturated rings. The number of hydrogen-bond acceptors (Lipinski definition) is 3. The van der Waals surface area contributed by atoms with Crippen LogP contribution in [0.5, 0.6) is 0 Å². The first kappa shape index (κ1) is 19.0. The zero-order valence-corrected chi connectivity index (χ0v) is 15.6. The minimum atomic E-state index is -0.513. The van der Waals surface area contributed by atoms with Crippen molar-refractivity contribution in [3.8, 4) is 6.07 Å². The number of likely N-dealkylation sites (N-methyl/N-ethyl adjacent to an activating group) is 1. The number of anilines is 1. The van der Waals surface area contributed by atoms with Gasteiger partial charge in [-0.3, -0.25) is 4.79 Å². The van der Waals surface area contributed by atoms with Gasteiger partial charge in [0.15, 0.2) is 0 Å². The van der Waals surface area contributed by atoms with E-state index >= 15 is 0 Å². The van der Waals surface area contributed by atoms with Gasteiger partial charge in [-0.2, -0.15) is 5.26 Å². The maximum Gasteiger partial charge on any atom is 0.261 e. The molecule has 0 saturated heterocycles. The van der Waals surface area contributed by atoms with Crippen LogP contribution in [0.1, 0.15) is 57.6 Å². The maximum atomic E-state index is 14.7. The fraction of sp³-hybridized carbons (Fsp3) is 0.500. The van der Waals surface area contributed by atoms with Crippen molar-refractivity contribution in [2.24, 2.45) is 0 Å². The molecular weight excluding hydrogens is 317 g/mol. The molecule has 0 radical (unpaired) electrons. The van der Waals surface area contributed by atoms with Gasteiger partial charge < -0.3 is 10.2 Å². The summed E-state index contributed by atoms with van der Waals surface area (Å²) in [6.07, 6.45) is 3.27. The number of rotatable bonds is 4. The first-order chi connectivity index (χ1) is 11.7. The monoisotopic (exact) mass is 343 g/mol. The Morgan fingerprint density at radius 1 is 1.52 bits per heavy atom. The molecular formula is C20H26FN3O. The Labute approximate surface area is 149 Å². The van der Waals surface area contributed by atoms with Crippen molar-refractivity contribution in [3.63, 3.8) is 0 Å². The van der Waals surface area contributed by atoms with Crippen molar-refractivity contribution in [3.05, 3.63) is 34.6 Å². The van der Waals surface area contributed by atoms with Crippen molar-refractivity contribution in [2.45, 2.75) is 52.0 Å². The number of nitrogens with one attached hydrogen (secondary N) is 1. The van der Waals surface area contributed by atoms with E-state index in [9.17, 15) is 9.18 Å². The van der Waals surface area contributed by atoms with Crippen molar-refractivity contribution < 1.29 is 9.18 Å². The first-order valence-electron chi connectivity index (χ1n) is 8.70. The number of carbonyl (C=O) groups excluding carboxylic acids is 1. The average molecular weight is 343 g/mol. The molecule has 4 nitrogen and oxygen atoms in total. The fourth-order valence-electron chi connectivity index (χ4n) is 3.72. The summed E-state index contributed by atoms with van der Waals surface area (Å²) in [5.41, 5.74) is 2.12. The number of nitriles is 1. The van der Waals surface area contributed by atoms with Crippen molar-refractivity contribution in [1.82, 2.24) is 5.32 Å². The van der Waals surface area contributed by atoms with E-state index in [2.05, 4.69) is 37.9 Å². The number of amides is 1. The lowest BCUT2D eigenvalue weighted by molar-refractivity contribution is -0.116. The summed E-state index contributed by atoms with van der Waals surface area (Å²) in [5.74, 6) is -0.654. The highest BCUT2D eigenvalue weighted by molar-refractivity contribution is 6.01. The molecule has 1 aliphatic rings. The Balaban J connectivity index is 2.58. The van der Waals surface area contributed by atoms with Crippen LogP contribution in [0.15, 0.2) is 17.7 Å². The van der Waals surface area contributed by atoms with Crippen LogP contribution >= 0.6 is 0 Å². The summed E-state index contributed by atoms with van der Waals surface area (Å²) in [7, 11) is 1.45. The van der Waals surface area contributed by atoms with Crippen LogP contribution in [0.4, 0.5) is 10.1 Å². The van der Waals surface area contributed by atoms with Crippen LogP contribution in [0, 0.1) is 17.1 Å². The van der Waals surface area contributed by atoms with Gasteiger partial charge in [0.2, 0.25) is 0 Å². The number of fused-ring (bicyclic) bond motifs is 1. The molecule has 1 amide bonds. The van der Waals surface area contributed by atoms with Gasteiger partial charge in [0.1, 0.15) is 17.5 Å². The third-order valence-electron chi connectivity index (χ3n) is 4.84. The summed E-state index contributed by atoms with van der Waals surface area (Å²) in [6, 6.07) is 5.17. The standard InChI is InChI=1S/C20H26FN3O/c1-6-7-24-18-10-17(21)14(8-15(12-22)19(25)23-5)9-16(18)13(2)11-20(24,3)4/h8-10,13H,6-7,11H2,1-5H3,(H,23,25)/b15-8+. The summed E-state index contributed by atoms with van der Waals surface area (Å²) in [4.78, 5) is 14.0. The number of nitrogens with zero attached hydrogens (tertiary/aromatic N) is 2. The zero-order valence-electron chi connectivity index (χ0n) is 15.6. The second-order valence-corrected chi connectivity index (χ2v) is 7.25. The summed E-state index contributed by atoms with van der Waals surface area (Å²) in [5, 5.41) is 11.5. The molecule has 1 aliphatic heterocycles. The Hall–Kier alpha value is -2.35. The number of hydrogen-bond donors (Lipinski definition) is 1. The van der Waals surface area contributed by atoms with Gasteiger partial charge in [0.25, 0.3) is 5.91 Å². The largest absolute Gasteiger partial charge is 0.366 e. The van der Waals surface area contributed by atoms with E-state index in [1.54, 1.807) is 12.1 Å². The molecule has 134 valence electrons. The van der Waals surface area contributed by atoms with Crippen molar-refractivity contribution in [1.29, 1.82) is 5.26 Å².